The lowest BCUT2D eigenvalue weighted by atomic mass is 10.1. The van der Waals surface area contributed by atoms with Crippen LogP contribution in [-0.2, 0) is 4.79 Å². The molecule has 0 N–H and O–H groups in total. The first-order valence-electron chi connectivity index (χ1n) is 7.51. The lowest BCUT2D eigenvalue weighted by Gasteiger charge is -2.23. The lowest BCUT2D eigenvalue weighted by Crippen LogP contribution is -2.43. The number of fused-ring (bicyclic) bond motifs is 1. The fraction of sp³-hybridized carbons (Fsp3) is 0.438. The van der Waals surface area contributed by atoms with Gasteiger partial charge in [0.1, 0.15) is 6.54 Å². The Labute approximate surface area is 137 Å². The van der Waals surface area contributed by atoms with Gasteiger partial charge in [0.2, 0.25) is 5.91 Å². The second-order valence-electron chi connectivity index (χ2n) is 5.68. The monoisotopic (exact) mass is 364 g/mol. The molecule has 5 nitrogen and oxygen atoms in total. The molecule has 0 spiro atoms. The largest absolute Gasteiger partial charge is 0.341 e. The van der Waals surface area contributed by atoms with Crippen molar-refractivity contribution in [3.05, 3.63) is 33.8 Å². The second kappa shape index (κ2) is 6.20. The summed E-state index contributed by atoms with van der Waals surface area (Å²) >= 11 is 3.30. The molecule has 0 bridgehead atoms. The molecule has 3 rings (SSSR count). The number of rotatable bonds is 2. The van der Waals surface area contributed by atoms with Crippen molar-refractivity contribution < 1.29 is 14.4 Å². The van der Waals surface area contributed by atoms with Crippen LogP contribution in [0.4, 0.5) is 0 Å². The Morgan fingerprint density at radius 1 is 1.00 bits per heavy atom. The molecule has 6 heteroatoms. The van der Waals surface area contributed by atoms with E-state index in [0.29, 0.717) is 24.2 Å². The Morgan fingerprint density at radius 2 is 1.64 bits per heavy atom. The molecule has 2 aliphatic rings. The van der Waals surface area contributed by atoms with E-state index in [0.717, 1.165) is 35.1 Å². The van der Waals surface area contributed by atoms with Crippen molar-refractivity contribution in [2.75, 3.05) is 19.6 Å². The van der Waals surface area contributed by atoms with Crippen LogP contribution in [0.25, 0.3) is 0 Å². The number of likely N-dealkylation sites (tertiary alicyclic amines) is 1. The van der Waals surface area contributed by atoms with E-state index >= 15 is 0 Å². The maximum absolute atomic E-state index is 12.4. The van der Waals surface area contributed by atoms with Crippen molar-refractivity contribution in [1.29, 1.82) is 0 Å². The van der Waals surface area contributed by atoms with Crippen LogP contribution in [0.2, 0.25) is 0 Å². The van der Waals surface area contributed by atoms with Gasteiger partial charge in [-0.25, -0.2) is 0 Å². The van der Waals surface area contributed by atoms with Crippen molar-refractivity contribution in [2.45, 2.75) is 25.7 Å². The molecule has 116 valence electrons. The van der Waals surface area contributed by atoms with Gasteiger partial charge in [0.25, 0.3) is 11.8 Å². The van der Waals surface area contributed by atoms with Gasteiger partial charge < -0.3 is 4.90 Å². The summed E-state index contributed by atoms with van der Waals surface area (Å²) in [6.45, 7) is 1.27. The Kier molecular flexibility index (Phi) is 4.29. The van der Waals surface area contributed by atoms with Gasteiger partial charge in [-0.1, -0.05) is 28.8 Å². The third-order valence-electron chi connectivity index (χ3n) is 4.18. The van der Waals surface area contributed by atoms with Crippen molar-refractivity contribution in [3.63, 3.8) is 0 Å². The zero-order chi connectivity index (χ0) is 15.7. The van der Waals surface area contributed by atoms with Crippen LogP contribution in [0, 0.1) is 0 Å². The normalized spacial score (nSPS) is 18.4. The summed E-state index contributed by atoms with van der Waals surface area (Å²) in [6.07, 6.45) is 4.23. The molecule has 22 heavy (non-hydrogen) atoms. The summed E-state index contributed by atoms with van der Waals surface area (Å²) in [5.74, 6) is -0.907. The Bertz CT molecular complexity index is 636. The third kappa shape index (κ3) is 2.79. The molecule has 1 aromatic rings. The minimum atomic E-state index is -0.385. The number of carbonyl (C=O) groups excluding carboxylic acids is 3. The average Bonchev–Trinajstić information content (AvgIpc) is 2.72. The number of hydrogen-bond acceptors (Lipinski definition) is 3. The smallest absolute Gasteiger partial charge is 0.262 e. The number of carbonyl (C=O) groups is 3. The summed E-state index contributed by atoms with van der Waals surface area (Å²) in [4.78, 5) is 39.9. The van der Waals surface area contributed by atoms with Crippen molar-refractivity contribution in [2.24, 2.45) is 0 Å². The van der Waals surface area contributed by atoms with Gasteiger partial charge in [-0.2, -0.15) is 0 Å². The van der Waals surface area contributed by atoms with Gasteiger partial charge in [0.05, 0.1) is 11.1 Å². The van der Waals surface area contributed by atoms with Gasteiger partial charge in [-0.05, 0) is 31.0 Å². The molecule has 3 amide bonds. The summed E-state index contributed by atoms with van der Waals surface area (Å²) in [5, 5.41) is 0. The molecule has 0 radical (unpaired) electrons. The molecule has 0 aliphatic carbocycles. The predicted octanol–water partition coefficient (Wildman–Crippen LogP) is 2.45. The van der Waals surface area contributed by atoms with E-state index in [9.17, 15) is 14.4 Å². The van der Waals surface area contributed by atoms with E-state index in [4.69, 9.17) is 0 Å². The number of hydrogen-bond donors (Lipinski definition) is 0. The molecule has 0 unspecified atom stereocenters. The fourth-order valence-corrected chi connectivity index (χ4v) is 3.32. The summed E-state index contributed by atoms with van der Waals surface area (Å²) in [5.41, 5.74) is 0.736. The minimum Gasteiger partial charge on any atom is -0.341 e. The van der Waals surface area contributed by atoms with E-state index in [1.165, 1.54) is 0 Å². The average molecular weight is 365 g/mol. The highest BCUT2D eigenvalue weighted by Crippen LogP contribution is 2.26. The number of nitrogens with zero attached hydrogens (tertiary/aromatic N) is 2. The van der Waals surface area contributed by atoms with E-state index in [1.54, 1.807) is 23.1 Å². The molecule has 2 aliphatic heterocycles. The molecule has 1 saturated heterocycles. The van der Waals surface area contributed by atoms with Gasteiger partial charge in [0, 0.05) is 17.6 Å². The molecule has 0 aromatic heterocycles. The van der Waals surface area contributed by atoms with Crippen LogP contribution in [0.3, 0.4) is 0 Å². The predicted molar refractivity (Wildman–Crippen MR) is 84.6 cm³/mol. The first-order valence-corrected chi connectivity index (χ1v) is 8.31. The van der Waals surface area contributed by atoms with Crippen LogP contribution >= 0.6 is 15.9 Å². The van der Waals surface area contributed by atoms with Crippen LogP contribution < -0.4 is 0 Å². The highest BCUT2D eigenvalue weighted by Gasteiger charge is 2.37. The molecule has 1 fully saturated rings. The van der Waals surface area contributed by atoms with Crippen molar-refractivity contribution >= 4 is 33.7 Å². The van der Waals surface area contributed by atoms with Gasteiger partial charge in [0.15, 0.2) is 0 Å². The first kappa shape index (κ1) is 15.2. The molecule has 2 heterocycles. The van der Waals surface area contributed by atoms with E-state index in [-0.39, 0.29) is 24.3 Å². The summed E-state index contributed by atoms with van der Waals surface area (Å²) in [7, 11) is 0. The highest BCUT2D eigenvalue weighted by molar-refractivity contribution is 9.10. The van der Waals surface area contributed by atoms with Crippen LogP contribution in [0.15, 0.2) is 22.7 Å². The topological polar surface area (TPSA) is 57.7 Å². The highest BCUT2D eigenvalue weighted by atomic mass is 79.9. The van der Waals surface area contributed by atoms with Crippen LogP contribution in [0.5, 0.6) is 0 Å². The van der Waals surface area contributed by atoms with Crippen LogP contribution in [-0.4, -0.2) is 47.2 Å². The minimum absolute atomic E-state index is 0.143. The lowest BCUT2D eigenvalue weighted by molar-refractivity contribution is -0.131. The van der Waals surface area contributed by atoms with E-state index in [2.05, 4.69) is 15.9 Å². The number of amides is 3. The van der Waals surface area contributed by atoms with Gasteiger partial charge >= 0.3 is 0 Å². The van der Waals surface area contributed by atoms with Crippen molar-refractivity contribution in [1.82, 2.24) is 9.80 Å². The van der Waals surface area contributed by atoms with E-state index < -0.39 is 0 Å². The van der Waals surface area contributed by atoms with E-state index in [1.807, 2.05) is 0 Å². The molecule has 1 aromatic carbocycles. The SMILES string of the molecule is O=C(CN1C(=O)c2ccc(Br)cc2C1=O)N1CCCCCC1. The first-order chi connectivity index (χ1) is 10.6. The standard InChI is InChI=1S/C16H17BrN2O3/c17-11-5-6-12-13(9-11)16(22)19(15(12)21)10-14(20)18-7-3-1-2-4-8-18/h5-6,9H,1-4,7-8,10H2. The Morgan fingerprint density at radius 3 is 2.32 bits per heavy atom. The quantitative estimate of drug-likeness (QED) is 0.757. The summed E-state index contributed by atoms with van der Waals surface area (Å²) < 4.78 is 0.744. The summed E-state index contributed by atoms with van der Waals surface area (Å²) in [6, 6.07) is 4.98. The zero-order valence-electron chi connectivity index (χ0n) is 12.2. The molecule has 0 saturated carbocycles. The zero-order valence-corrected chi connectivity index (χ0v) is 13.8. The Balaban J connectivity index is 1.75. The third-order valence-corrected chi connectivity index (χ3v) is 4.68. The number of halogens is 1. The number of benzene rings is 1. The fourth-order valence-electron chi connectivity index (χ4n) is 2.96. The second-order valence-corrected chi connectivity index (χ2v) is 6.60. The van der Waals surface area contributed by atoms with Crippen LogP contribution in [0.1, 0.15) is 46.4 Å². The maximum atomic E-state index is 12.4. The molecular weight excluding hydrogens is 348 g/mol. The molecule has 0 atom stereocenters. The molecular formula is C16H17BrN2O3. The van der Waals surface area contributed by atoms with Gasteiger partial charge in [-0.3, -0.25) is 19.3 Å². The number of imide groups is 1. The Hall–Kier alpha value is -1.69. The van der Waals surface area contributed by atoms with Gasteiger partial charge in [-0.15, -0.1) is 0 Å². The van der Waals surface area contributed by atoms with Crippen molar-refractivity contribution in [3.8, 4) is 0 Å². The maximum Gasteiger partial charge on any atom is 0.262 e.